The van der Waals surface area contributed by atoms with E-state index in [1.165, 1.54) is 25.3 Å². The maximum Gasteiger partial charge on any atom is 0.282 e. The van der Waals surface area contributed by atoms with E-state index in [4.69, 9.17) is 16.3 Å². The van der Waals surface area contributed by atoms with Crippen molar-refractivity contribution in [1.29, 1.82) is 0 Å². The normalized spacial score (nSPS) is 14.7. The van der Waals surface area contributed by atoms with Crippen molar-refractivity contribution in [3.8, 4) is 5.75 Å². The highest BCUT2D eigenvalue weighted by molar-refractivity contribution is 7.90. The molecule has 0 bridgehead atoms. The van der Waals surface area contributed by atoms with Gasteiger partial charge in [0.2, 0.25) is 5.78 Å². The van der Waals surface area contributed by atoms with Gasteiger partial charge >= 0.3 is 0 Å². The SMILES string of the molecule is COc1ccc(S(=O)(=O)/N=C2\C=C(Nc3cc(Cl)ccc3C)C(=O)c3ccccc32)cc1. The molecule has 8 heteroatoms. The number of hydrogen-bond acceptors (Lipinski definition) is 5. The molecule has 0 aromatic heterocycles. The second kappa shape index (κ2) is 8.61. The second-order valence-corrected chi connectivity index (χ2v) is 9.18. The maximum absolute atomic E-state index is 13.1. The van der Waals surface area contributed by atoms with E-state index in [0.717, 1.165) is 5.56 Å². The fourth-order valence-electron chi connectivity index (χ4n) is 3.30. The molecule has 4 rings (SSSR count). The fraction of sp³-hybridized carbons (Fsp3) is 0.0833. The first-order valence-corrected chi connectivity index (χ1v) is 11.5. The Morgan fingerprint density at radius 1 is 0.969 bits per heavy atom. The zero-order chi connectivity index (χ0) is 22.9. The first kappa shape index (κ1) is 21.8. The van der Waals surface area contributed by atoms with Crippen LogP contribution in [-0.4, -0.2) is 27.0 Å². The van der Waals surface area contributed by atoms with E-state index in [1.807, 2.05) is 13.0 Å². The van der Waals surface area contributed by atoms with E-state index >= 15 is 0 Å². The third-order valence-electron chi connectivity index (χ3n) is 5.02. The van der Waals surface area contributed by atoms with Crippen molar-refractivity contribution in [1.82, 2.24) is 0 Å². The summed E-state index contributed by atoms with van der Waals surface area (Å²) < 4.78 is 35.1. The molecule has 3 aromatic carbocycles. The Labute approximate surface area is 191 Å². The molecule has 6 nitrogen and oxygen atoms in total. The molecule has 1 N–H and O–H groups in total. The molecule has 32 heavy (non-hydrogen) atoms. The second-order valence-electron chi connectivity index (χ2n) is 7.14. The molecule has 1 aliphatic rings. The van der Waals surface area contributed by atoms with Gasteiger partial charge in [0.1, 0.15) is 5.75 Å². The average Bonchev–Trinajstić information content (AvgIpc) is 2.79. The highest BCUT2D eigenvalue weighted by Gasteiger charge is 2.26. The zero-order valence-corrected chi connectivity index (χ0v) is 18.9. The number of Topliss-reactive ketones (excluding diaryl/α,β-unsaturated/α-hetero) is 1. The first-order valence-electron chi connectivity index (χ1n) is 9.66. The number of fused-ring (bicyclic) bond motifs is 1. The highest BCUT2D eigenvalue weighted by Crippen LogP contribution is 2.28. The first-order chi connectivity index (χ1) is 15.3. The van der Waals surface area contributed by atoms with Crippen molar-refractivity contribution < 1.29 is 17.9 Å². The minimum atomic E-state index is -4.03. The van der Waals surface area contributed by atoms with E-state index in [2.05, 4.69) is 9.71 Å². The summed E-state index contributed by atoms with van der Waals surface area (Å²) in [5.74, 6) is 0.272. The summed E-state index contributed by atoms with van der Waals surface area (Å²) >= 11 is 6.10. The van der Waals surface area contributed by atoms with E-state index in [-0.39, 0.29) is 22.1 Å². The van der Waals surface area contributed by atoms with E-state index < -0.39 is 10.0 Å². The summed E-state index contributed by atoms with van der Waals surface area (Å²) in [6, 6.07) is 18.0. The minimum Gasteiger partial charge on any atom is -0.497 e. The number of carbonyl (C=O) groups excluding carboxylic acids is 1. The Balaban J connectivity index is 1.81. The molecule has 0 atom stereocenters. The van der Waals surface area contributed by atoms with Gasteiger partial charge in [0.15, 0.2) is 0 Å². The molecule has 0 radical (unpaired) electrons. The molecule has 0 saturated heterocycles. The molecule has 0 aliphatic heterocycles. The minimum absolute atomic E-state index is 0.0220. The Morgan fingerprint density at radius 3 is 2.34 bits per heavy atom. The lowest BCUT2D eigenvalue weighted by Crippen LogP contribution is -2.23. The molecule has 0 fully saturated rings. The van der Waals surface area contributed by atoms with Crippen LogP contribution in [0.5, 0.6) is 5.75 Å². The topological polar surface area (TPSA) is 84.8 Å². The van der Waals surface area contributed by atoms with Gasteiger partial charge in [-0.3, -0.25) is 4.79 Å². The number of nitrogens with one attached hydrogen (secondary N) is 1. The number of sulfonamides is 1. The van der Waals surface area contributed by atoms with Gasteiger partial charge in [0, 0.05) is 21.8 Å². The number of benzene rings is 3. The number of aryl methyl sites for hydroxylation is 1. The molecule has 0 unspecified atom stereocenters. The van der Waals surface area contributed by atoms with Crippen LogP contribution in [-0.2, 0) is 10.0 Å². The van der Waals surface area contributed by atoms with Gasteiger partial charge < -0.3 is 10.1 Å². The smallest absolute Gasteiger partial charge is 0.282 e. The molecule has 0 saturated carbocycles. The summed E-state index contributed by atoms with van der Waals surface area (Å²) in [6.45, 7) is 1.88. The van der Waals surface area contributed by atoms with Crippen molar-refractivity contribution in [2.45, 2.75) is 11.8 Å². The highest BCUT2D eigenvalue weighted by atomic mass is 35.5. The Morgan fingerprint density at radius 2 is 1.66 bits per heavy atom. The lowest BCUT2D eigenvalue weighted by atomic mass is 9.92. The molecule has 0 amide bonds. The van der Waals surface area contributed by atoms with Crippen molar-refractivity contribution >= 4 is 38.8 Å². The Kier molecular flexibility index (Phi) is 5.86. The molecule has 3 aromatic rings. The van der Waals surface area contributed by atoms with Crippen LogP contribution in [0.2, 0.25) is 5.02 Å². The third kappa shape index (κ3) is 4.30. The van der Waals surface area contributed by atoms with Gasteiger partial charge in [-0.25, -0.2) is 0 Å². The monoisotopic (exact) mass is 466 g/mol. The van der Waals surface area contributed by atoms with Crippen molar-refractivity contribution in [2.75, 3.05) is 12.4 Å². The van der Waals surface area contributed by atoms with Gasteiger partial charge in [-0.2, -0.15) is 12.8 Å². The lowest BCUT2D eigenvalue weighted by molar-refractivity contribution is 0.103. The third-order valence-corrected chi connectivity index (χ3v) is 6.56. The Hall–Kier alpha value is -3.42. The largest absolute Gasteiger partial charge is 0.497 e. The van der Waals surface area contributed by atoms with Crippen LogP contribution < -0.4 is 10.1 Å². The number of ether oxygens (including phenoxy) is 1. The van der Waals surface area contributed by atoms with Gasteiger partial charge in [0.05, 0.1) is 23.4 Å². The van der Waals surface area contributed by atoms with Crippen LogP contribution in [0.15, 0.2) is 87.8 Å². The number of rotatable bonds is 5. The number of hydrogen-bond donors (Lipinski definition) is 1. The van der Waals surface area contributed by atoms with Crippen LogP contribution in [0.25, 0.3) is 0 Å². The predicted octanol–water partition coefficient (Wildman–Crippen LogP) is 5.03. The summed E-state index contributed by atoms with van der Waals surface area (Å²) in [5, 5.41) is 3.60. The van der Waals surface area contributed by atoms with Gasteiger partial charge in [0.25, 0.3) is 10.0 Å². The standard InChI is InChI=1S/C24H19ClN2O4S/c1-15-7-8-16(25)13-21(15)26-23-14-22(19-5-3-4-6-20(19)24(23)28)27-32(29,30)18-11-9-17(31-2)10-12-18/h3-14,26H,1-2H3/b27-22+. The molecule has 0 heterocycles. The Bertz CT molecular complexity index is 1380. The zero-order valence-electron chi connectivity index (χ0n) is 17.3. The van der Waals surface area contributed by atoms with Crippen molar-refractivity contribution in [3.63, 3.8) is 0 Å². The van der Waals surface area contributed by atoms with Crippen LogP contribution in [0.3, 0.4) is 0 Å². The maximum atomic E-state index is 13.1. The van der Waals surface area contributed by atoms with Crippen LogP contribution in [0.1, 0.15) is 21.5 Å². The summed E-state index contributed by atoms with van der Waals surface area (Å²) in [7, 11) is -2.53. The summed E-state index contributed by atoms with van der Waals surface area (Å²) in [6.07, 6.45) is 1.45. The van der Waals surface area contributed by atoms with Crippen LogP contribution in [0, 0.1) is 6.92 Å². The predicted molar refractivity (Wildman–Crippen MR) is 125 cm³/mol. The van der Waals surface area contributed by atoms with E-state index in [1.54, 1.807) is 48.5 Å². The molecular formula is C24H19ClN2O4S. The number of ketones is 1. The number of methoxy groups -OCH3 is 1. The number of allylic oxidation sites excluding steroid dienone is 2. The van der Waals surface area contributed by atoms with E-state index in [0.29, 0.717) is 27.6 Å². The number of nitrogens with zero attached hydrogens (tertiary/aromatic N) is 1. The van der Waals surface area contributed by atoms with Crippen LogP contribution in [0.4, 0.5) is 5.69 Å². The average molecular weight is 467 g/mol. The van der Waals surface area contributed by atoms with Crippen LogP contribution >= 0.6 is 11.6 Å². The quantitative estimate of drug-likeness (QED) is 0.570. The van der Waals surface area contributed by atoms with E-state index in [9.17, 15) is 13.2 Å². The van der Waals surface area contributed by atoms with Crippen molar-refractivity contribution in [3.05, 3.63) is 100 Å². The molecule has 162 valence electrons. The number of halogens is 1. The fourth-order valence-corrected chi connectivity index (χ4v) is 4.47. The molecule has 1 aliphatic carbocycles. The molecular weight excluding hydrogens is 448 g/mol. The van der Waals surface area contributed by atoms with Gasteiger partial charge in [-0.15, -0.1) is 0 Å². The van der Waals surface area contributed by atoms with Gasteiger partial charge in [-0.1, -0.05) is 41.9 Å². The van der Waals surface area contributed by atoms with Gasteiger partial charge in [-0.05, 0) is 55.0 Å². The number of carbonyl (C=O) groups is 1. The molecule has 0 spiro atoms. The van der Waals surface area contributed by atoms with Crippen molar-refractivity contribution in [2.24, 2.45) is 4.40 Å². The number of anilines is 1. The summed E-state index contributed by atoms with van der Waals surface area (Å²) in [4.78, 5) is 13.1. The summed E-state index contributed by atoms with van der Waals surface area (Å²) in [5.41, 5.74) is 2.71. The lowest BCUT2D eigenvalue weighted by Gasteiger charge is -2.19.